The maximum Gasteiger partial charge on any atom is 0.276 e. The van der Waals surface area contributed by atoms with Gasteiger partial charge in [-0.15, -0.1) is 5.10 Å². The van der Waals surface area contributed by atoms with Crippen LogP contribution in [0.3, 0.4) is 0 Å². The molecule has 0 radical (unpaired) electrons. The fourth-order valence-corrected chi connectivity index (χ4v) is 6.46. The fourth-order valence-electron chi connectivity index (χ4n) is 6.46. The standard InChI is InChI=1S/C25H28N6O4/c1-25(2)13-30(19-5-3-4-17(19)25)24(35)18-12-31(28-27-18)15-6-7-16-14(10-15)11-29(23(16)34)20-8-9-21(32)26-22(20)33/h6-7,10,12,17,19-20H,3-5,8-9,11,13H2,1-2H3,(H,26,32,33)/t17-,19+,20?/m0/s1. The lowest BCUT2D eigenvalue weighted by atomic mass is 9.80. The van der Waals surface area contributed by atoms with E-state index in [1.54, 1.807) is 23.0 Å². The van der Waals surface area contributed by atoms with Gasteiger partial charge >= 0.3 is 0 Å². The van der Waals surface area contributed by atoms with Gasteiger partial charge in [0.25, 0.3) is 11.8 Å². The lowest BCUT2D eigenvalue weighted by Gasteiger charge is -2.29. The molecule has 1 aromatic carbocycles. The van der Waals surface area contributed by atoms with Crippen LogP contribution in [0.2, 0.25) is 0 Å². The Kier molecular flexibility index (Phi) is 4.84. The number of nitrogens with one attached hydrogen (secondary N) is 1. The SMILES string of the molecule is CC1(C)CN(C(=O)c2cn(-c3ccc4c(c3)CN(C3CCC(=O)NC3=O)C4=O)nn2)[C@@H]2CCC[C@@H]21. The van der Waals surface area contributed by atoms with E-state index < -0.39 is 11.9 Å². The van der Waals surface area contributed by atoms with E-state index in [-0.39, 0.29) is 42.1 Å². The van der Waals surface area contributed by atoms with Crippen LogP contribution in [-0.2, 0) is 16.1 Å². The van der Waals surface area contributed by atoms with Crippen molar-refractivity contribution in [2.75, 3.05) is 6.54 Å². The molecular formula is C25H28N6O4. The van der Waals surface area contributed by atoms with Gasteiger partial charge in [-0.05, 0) is 54.4 Å². The Morgan fingerprint density at radius 2 is 1.97 bits per heavy atom. The number of carbonyl (C=O) groups is 4. The van der Waals surface area contributed by atoms with E-state index in [9.17, 15) is 19.2 Å². The van der Waals surface area contributed by atoms with Gasteiger partial charge in [-0.25, -0.2) is 4.68 Å². The van der Waals surface area contributed by atoms with Gasteiger partial charge in [0.2, 0.25) is 11.8 Å². The first-order valence-corrected chi connectivity index (χ1v) is 12.2. The summed E-state index contributed by atoms with van der Waals surface area (Å²) in [4.78, 5) is 53.5. The first-order chi connectivity index (χ1) is 16.7. The normalized spacial score (nSPS) is 27.3. The Hall–Kier alpha value is -3.56. The molecule has 4 aliphatic rings. The molecule has 0 spiro atoms. The van der Waals surface area contributed by atoms with Crippen LogP contribution in [0.1, 0.15) is 72.4 Å². The molecule has 0 bridgehead atoms. The molecule has 35 heavy (non-hydrogen) atoms. The third-order valence-electron chi connectivity index (χ3n) is 8.21. The van der Waals surface area contributed by atoms with E-state index in [1.807, 2.05) is 11.0 Å². The molecule has 182 valence electrons. The van der Waals surface area contributed by atoms with Gasteiger partial charge in [0.15, 0.2) is 5.69 Å². The average Bonchev–Trinajstić information content (AvgIpc) is 3.59. The number of piperidine rings is 1. The minimum atomic E-state index is -0.657. The number of amides is 4. The molecule has 3 fully saturated rings. The van der Waals surface area contributed by atoms with Crippen molar-refractivity contribution in [1.82, 2.24) is 30.1 Å². The molecule has 1 saturated carbocycles. The molecule has 1 unspecified atom stereocenters. The van der Waals surface area contributed by atoms with Crippen molar-refractivity contribution < 1.29 is 19.2 Å². The topological polar surface area (TPSA) is 118 Å². The molecular weight excluding hydrogens is 448 g/mol. The maximum absolute atomic E-state index is 13.3. The number of rotatable bonds is 3. The quantitative estimate of drug-likeness (QED) is 0.674. The van der Waals surface area contributed by atoms with Gasteiger partial charge in [0, 0.05) is 31.1 Å². The lowest BCUT2D eigenvalue weighted by Crippen LogP contribution is -2.52. The van der Waals surface area contributed by atoms with E-state index >= 15 is 0 Å². The number of imide groups is 1. The minimum Gasteiger partial charge on any atom is -0.333 e. The molecule has 3 aliphatic heterocycles. The molecule has 1 N–H and O–H groups in total. The molecule has 3 atom stereocenters. The second-order valence-corrected chi connectivity index (χ2v) is 10.8. The van der Waals surface area contributed by atoms with Crippen LogP contribution in [0, 0.1) is 11.3 Å². The summed E-state index contributed by atoms with van der Waals surface area (Å²) >= 11 is 0. The third-order valence-corrected chi connectivity index (χ3v) is 8.21. The van der Waals surface area contributed by atoms with Crippen LogP contribution >= 0.6 is 0 Å². The summed E-state index contributed by atoms with van der Waals surface area (Å²) in [5.74, 6) is -0.521. The van der Waals surface area contributed by atoms with E-state index in [0.29, 0.717) is 29.3 Å². The monoisotopic (exact) mass is 476 g/mol. The number of benzene rings is 1. The van der Waals surface area contributed by atoms with Gasteiger partial charge in [0.05, 0.1) is 11.9 Å². The van der Waals surface area contributed by atoms with Crippen LogP contribution in [0.5, 0.6) is 0 Å². The molecule has 2 aromatic rings. The number of fused-ring (bicyclic) bond motifs is 2. The zero-order chi connectivity index (χ0) is 24.5. The highest BCUT2D eigenvalue weighted by Crippen LogP contribution is 2.48. The van der Waals surface area contributed by atoms with Crippen LogP contribution in [0.4, 0.5) is 0 Å². The van der Waals surface area contributed by atoms with E-state index in [0.717, 1.165) is 31.4 Å². The summed E-state index contributed by atoms with van der Waals surface area (Å²) in [5.41, 5.74) is 2.41. The highest BCUT2D eigenvalue weighted by Gasteiger charge is 2.51. The lowest BCUT2D eigenvalue weighted by molar-refractivity contribution is -0.136. The summed E-state index contributed by atoms with van der Waals surface area (Å²) in [6.45, 7) is 5.49. The van der Waals surface area contributed by atoms with Crippen LogP contribution in [0.15, 0.2) is 24.4 Å². The third kappa shape index (κ3) is 3.45. The smallest absolute Gasteiger partial charge is 0.276 e. The Balaban J connectivity index is 1.21. The van der Waals surface area contributed by atoms with Crippen LogP contribution < -0.4 is 5.32 Å². The number of carbonyl (C=O) groups excluding carboxylic acids is 4. The van der Waals surface area contributed by atoms with Crippen LogP contribution in [-0.4, -0.2) is 67.1 Å². The first kappa shape index (κ1) is 21.9. The van der Waals surface area contributed by atoms with Crippen molar-refractivity contribution in [3.8, 4) is 5.69 Å². The fraction of sp³-hybridized carbons (Fsp3) is 0.520. The molecule has 2 saturated heterocycles. The number of hydrogen-bond acceptors (Lipinski definition) is 6. The van der Waals surface area contributed by atoms with Crippen molar-refractivity contribution in [3.05, 3.63) is 41.2 Å². The Morgan fingerprint density at radius 3 is 2.77 bits per heavy atom. The number of likely N-dealkylation sites (tertiary alicyclic amines) is 1. The Labute approximate surface area is 202 Å². The summed E-state index contributed by atoms with van der Waals surface area (Å²) < 4.78 is 1.56. The highest BCUT2D eigenvalue weighted by atomic mass is 16.2. The second kappa shape index (κ2) is 7.73. The molecule has 1 aliphatic carbocycles. The largest absolute Gasteiger partial charge is 0.333 e. The minimum absolute atomic E-state index is 0.0842. The molecule has 1 aromatic heterocycles. The molecule has 4 amide bonds. The van der Waals surface area contributed by atoms with Gasteiger partial charge in [-0.3, -0.25) is 24.5 Å². The summed E-state index contributed by atoms with van der Waals surface area (Å²) in [5, 5.41) is 10.7. The first-order valence-electron chi connectivity index (χ1n) is 12.2. The Morgan fingerprint density at radius 1 is 1.14 bits per heavy atom. The van der Waals surface area contributed by atoms with Gasteiger partial charge < -0.3 is 9.80 Å². The Bertz CT molecular complexity index is 1270. The number of nitrogens with zero attached hydrogens (tertiary/aromatic N) is 5. The van der Waals surface area contributed by atoms with Crippen molar-refractivity contribution >= 4 is 23.6 Å². The van der Waals surface area contributed by atoms with Crippen molar-refractivity contribution in [1.29, 1.82) is 0 Å². The summed E-state index contributed by atoms with van der Waals surface area (Å²) in [7, 11) is 0. The van der Waals surface area contributed by atoms with Gasteiger partial charge in [-0.2, -0.15) is 0 Å². The predicted molar refractivity (Wildman–Crippen MR) is 123 cm³/mol. The second-order valence-electron chi connectivity index (χ2n) is 10.8. The summed E-state index contributed by atoms with van der Waals surface area (Å²) in [6.07, 6.45) is 5.54. The predicted octanol–water partition coefficient (Wildman–Crippen LogP) is 1.68. The number of hydrogen-bond donors (Lipinski definition) is 1. The molecule has 10 heteroatoms. The van der Waals surface area contributed by atoms with Gasteiger partial charge in [0.1, 0.15) is 6.04 Å². The van der Waals surface area contributed by atoms with Crippen molar-refractivity contribution in [2.45, 2.75) is 64.6 Å². The number of aromatic nitrogens is 3. The van der Waals surface area contributed by atoms with E-state index in [4.69, 9.17) is 0 Å². The van der Waals surface area contributed by atoms with Gasteiger partial charge in [-0.1, -0.05) is 25.5 Å². The molecule has 4 heterocycles. The average molecular weight is 477 g/mol. The maximum atomic E-state index is 13.3. The van der Waals surface area contributed by atoms with Crippen molar-refractivity contribution in [2.24, 2.45) is 11.3 Å². The zero-order valence-corrected chi connectivity index (χ0v) is 19.9. The molecule has 10 nitrogen and oxygen atoms in total. The zero-order valence-electron chi connectivity index (χ0n) is 19.9. The van der Waals surface area contributed by atoms with Crippen LogP contribution in [0.25, 0.3) is 5.69 Å². The highest BCUT2D eigenvalue weighted by molar-refractivity contribution is 6.05. The van der Waals surface area contributed by atoms with E-state index in [1.165, 1.54) is 4.90 Å². The summed E-state index contributed by atoms with van der Waals surface area (Å²) in [6, 6.07) is 4.93. The van der Waals surface area contributed by atoms with Crippen molar-refractivity contribution in [3.63, 3.8) is 0 Å². The van der Waals surface area contributed by atoms with E-state index in [2.05, 4.69) is 29.5 Å². The molecule has 6 rings (SSSR count).